The van der Waals surface area contributed by atoms with Gasteiger partial charge in [-0.05, 0) is 31.9 Å². The van der Waals surface area contributed by atoms with Gasteiger partial charge < -0.3 is 4.74 Å². The third kappa shape index (κ3) is 2.55. The van der Waals surface area contributed by atoms with Crippen molar-refractivity contribution in [1.29, 1.82) is 0 Å². The predicted octanol–water partition coefficient (Wildman–Crippen LogP) is 1.51. The molecule has 0 radical (unpaired) electrons. The largest absolute Gasteiger partial charge is 0.486 e. The highest BCUT2D eigenvalue weighted by Crippen LogP contribution is 2.36. The highest BCUT2D eigenvalue weighted by molar-refractivity contribution is 7.86. The van der Waals surface area contributed by atoms with Gasteiger partial charge in [-0.25, -0.2) is 0 Å². The van der Waals surface area contributed by atoms with Gasteiger partial charge in [-0.1, -0.05) is 18.2 Å². The molecule has 1 heterocycles. The first-order valence-electron chi connectivity index (χ1n) is 6.58. The molecule has 0 spiro atoms. The number of para-hydroxylation sites is 1. The molecule has 1 unspecified atom stereocenters. The van der Waals surface area contributed by atoms with Gasteiger partial charge in [0.1, 0.15) is 11.4 Å². The van der Waals surface area contributed by atoms with Crippen molar-refractivity contribution >= 4 is 10.2 Å². The summed E-state index contributed by atoms with van der Waals surface area (Å²) in [5.41, 5.74) is 0.462. The third-order valence-corrected chi connectivity index (χ3v) is 5.73. The molecule has 112 valence electrons. The summed E-state index contributed by atoms with van der Waals surface area (Å²) in [7, 11) is 1.22. The van der Waals surface area contributed by atoms with Gasteiger partial charge in [-0.3, -0.25) is 0 Å². The number of nitrogens with zero attached hydrogens (tertiary/aromatic N) is 2. The molecule has 2 rings (SSSR count). The minimum absolute atomic E-state index is 0.246. The Hall–Kier alpha value is -1.11. The minimum atomic E-state index is -3.46. The number of benzene rings is 1. The molecule has 0 fully saturated rings. The molecular weight excluding hydrogens is 276 g/mol. The van der Waals surface area contributed by atoms with Crippen LogP contribution >= 0.6 is 0 Å². The highest BCUT2D eigenvalue weighted by Gasteiger charge is 2.43. The summed E-state index contributed by atoms with van der Waals surface area (Å²) in [6.45, 7) is 3.85. The second kappa shape index (κ2) is 5.02. The molecule has 1 aliphatic heterocycles. The lowest BCUT2D eigenvalue weighted by molar-refractivity contribution is 0.0226. The van der Waals surface area contributed by atoms with Gasteiger partial charge in [0.15, 0.2) is 0 Å². The van der Waals surface area contributed by atoms with Crippen molar-refractivity contribution in [2.45, 2.75) is 31.9 Å². The fraction of sp³-hybridized carbons (Fsp3) is 0.571. The number of ether oxygens (including phenoxy) is 1. The highest BCUT2D eigenvalue weighted by atomic mass is 32.2. The molecule has 1 aromatic carbocycles. The Bertz CT molecular complexity index is 596. The summed E-state index contributed by atoms with van der Waals surface area (Å²) in [6.07, 6.45) is 0.646. The van der Waals surface area contributed by atoms with Gasteiger partial charge in [0.2, 0.25) is 0 Å². The Morgan fingerprint density at radius 1 is 1.20 bits per heavy atom. The average Bonchev–Trinajstić information content (AvgIpc) is 2.35. The lowest BCUT2D eigenvalue weighted by Gasteiger charge is -2.44. The van der Waals surface area contributed by atoms with Crippen LogP contribution in [0.25, 0.3) is 0 Å². The van der Waals surface area contributed by atoms with Crippen LogP contribution < -0.4 is 4.74 Å². The van der Waals surface area contributed by atoms with Gasteiger partial charge in [0, 0.05) is 21.1 Å². The van der Waals surface area contributed by atoms with Crippen LogP contribution in [0.1, 0.15) is 19.4 Å². The molecule has 20 heavy (non-hydrogen) atoms. The first kappa shape index (κ1) is 15.3. The summed E-state index contributed by atoms with van der Waals surface area (Å²) in [4.78, 5) is 0. The van der Waals surface area contributed by atoms with E-state index in [2.05, 4.69) is 0 Å². The van der Waals surface area contributed by atoms with Crippen LogP contribution in [0.5, 0.6) is 5.75 Å². The van der Waals surface area contributed by atoms with Gasteiger partial charge in [0.25, 0.3) is 10.2 Å². The predicted molar refractivity (Wildman–Crippen MR) is 79.0 cm³/mol. The number of likely N-dealkylation sites (N-methyl/N-ethyl adjacent to an activating group) is 1. The van der Waals surface area contributed by atoms with Gasteiger partial charge in [0.05, 0.1) is 6.04 Å². The van der Waals surface area contributed by atoms with Crippen molar-refractivity contribution in [2.75, 3.05) is 21.1 Å². The molecule has 0 N–H and O–H groups in total. The van der Waals surface area contributed by atoms with E-state index in [4.69, 9.17) is 4.74 Å². The van der Waals surface area contributed by atoms with Crippen molar-refractivity contribution < 1.29 is 13.2 Å². The van der Waals surface area contributed by atoms with Gasteiger partial charge in [-0.15, -0.1) is 0 Å². The molecule has 0 aliphatic carbocycles. The van der Waals surface area contributed by atoms with E-state index in [1.807, 2.05) is 38.1 Å². The fourth-order valence-corrected chi connectivity index (χ4v) is 3.73. The number of hydrogen-bond acceptors (Lipinski definition) is 3. The molecule has 5 nitrogen and oxygen atoms in total. The summed E-state index contributed by atoms with van der Waals surface area (Å²) in [5, 5.41) is 0. The molecule has 0 amide bonds. The Kier molecular flexibility index (Phi) is 3.83. The number of fused-ring (bicyclic) bond motifs is 1. The van der Waals surface area contributed by atoms with E-state index in [0.29, 0.717) is 6.42 Å². The number of hydrogen-bond donors (Lipinski definition) is 0. The van der Waals surface area contributed by atoms with Crippen LogP contribution in [0.2, 0.25) is 0 Å². The average molecular weight is 298 g/mol. The summed E-state index contributed by atoms with van der Waals surface area (Å²) in [6, 6.07) is 7.53. The molecule has 0 saturated carbocycles. The third-order valence-electron chi connectivity index (χ3n) is 3.83. The zero-order valence-electron chi connectivity index (χ0n) is 12.6. The van der Waals surface area contributed by atoms with Crippen LogP contribution in [0.4, 0.5) is 0 Å². The Balaban J connectivity index is 2.38. The van der Waals surface area contributed by atoms with Crippen LogP contribution in [-0.4, -0.2) is 49.8 Å². The quantitative estimate of drug-likeness (QED) is 0.850. The van der Waals surface area contributed by atoms with Crippen molar-refractivity contribution in [3.63, 3.8) is 0 Å². The molecule has 1 aliphatic rings. The molecule has 0 bridgehead atoms. The maximum atomic E-state index is 12.3. The Morgan fingerprint density at radius 2 is 1.80 bits per heavy atom. The fourth-order valence-electron chi connectivity index (χ4n) is 2.56. The SMILES string of the molecule is CN(C)S(=O)(=O)N(C)C1Cc2ccccc2OC1(C)C. The molecule has 1 aromatic rings. The Labute approximate surface area is 121 Å². The van der Waals surface area contributed by atoms with E-state index in [1.165, 1.54) is 22.7 Å². The summed E-state index contributed by atoms with van der Waals surface area (Å²) >= 11 is 0. The van der Waals surface area contributed by atoms with Crippen molar-refractivity contribution in [3.05, 3.63) is 29.8 Å². The molecule has 0 saturated heterocycles. The van der Waals surface area contributed by atoms with E-state index in [1.54, 1.807) is 7.05 Å². The zero-order chi connectivity index (χ0) is 15.1. The molecule has 1 atom stereocenters. The lowest BCUT2D eigenvalue weighted by Crippen LogP contribution is -2.58. The van der Waals surface area contributed by atoms with E-state index < -0.39 is 15.8 Å². The summed E-state index contributed by atoms with van der Waals surface area (Å²) in [5.74, 6) is 0.837. The van der Waals surface area contributed by atoms with E-state index in [0.717, 1.165) is 11.3 Å². The normalized spacial score (nSPS) is 21.6. The topological polar surface area (TPSA) is 49.9 Å². The first-order chi connectivity index (χ1) is 9.16. The van der Waals surface area contributed by atoms with Crippen LogP contribution in [0.3, 0.4) is 0 Å². The maximum absolute atomic E-state index is 12.3. The minimum Gasteiger partial charge on any atom is -0.486 e. The summed E-state index contributed by atoms with van der Waals surface area (Å²) < 4.78 is 33.3. The van der Waals surface area contributed by atoms with Gasteiger partial charge in [-0.2, -0.15) is 17.0 Å². The van der Waals surface area contributed by atoms with Crippen LogP contribution in [-0.2, 0) is 16.6 Å². The van der Waals surface area contributed by atoms with E-state index in [-0.39, 0.29) is 6.04 Å². The van der Waals surface area contributed by atoms with E-state index >= 15 is 0 Å². The number of rotatable bonds is 3. The van der Waals surface area contributed by atoms with Crippen LogP contribution in [0, 0.1) is 0 Å². The van der Waals surface area contributed by atoms with E-state index in [9.17, 15) is 8.42 Å². The van der Waals surface area contributed by atoms with Crippen LogP contribution in [0.15, 0.2) is 24.3 Å². The first-order valence-corrected chi connectivity index (χ1v) is 7.98. The second-order valence-electron chi connectivity index (χ2n) is 5.84. The monoisotopic (exact) mass is 298 g/mol. The molecule has 6 heteroatoms. The molecule has 0 aromatic heterocycles. The molecular formula is C14H22N2O3S. The van der Waals surface area contributed by atoms with Crippen molar-refractivity contribution in [3.8, 4) is 5.75 Å². The smallest absolute Gasteiger partial charge is 0.281 e. The van der Waals surface area contributed by atoms with Crippen molar-refractivity contribution in [2.24, 2.45) is 0 Å². The lowest BCUT2D eigenvalue weighted by atomic mass is 9.89. The Morgan fingerprint density at radius 3 is 2.40 bits per heavy atom. The zero-order valence-corrected chi connectivity index (χ0v) is 13.4. The van der Waals surface area contributed by atoms with Crippen molar-refractivity contribution in [1.82, 2.24) is 8.61 Å². The second-order valence-corrected chi connectivity index (χ2v) is 8.04. The maximum Gasteiger partial charge on any atom is 0.281 e. The van der Waals surface area contributed by atoms with Gasteiger partial charge >= 0.3 is 0 Å². The standard InChI is InChI=1S/C14H22N2O3S/c1-14(2)13(16(5)20(17,18)15(3)4)10-11-8-6-7-9-12(11)19-14/h6-9,13H,10H2,1-5H3.